The average Bonchev–Trinajstić information content (AvgIpc) is 2.09. The molecule has 0 amide bonds. The van der Waals surface area contributed by atoms with E-state index in [4.69, 9.17) is 16.8 Å². The highest BCUT2D eigenvalue weighted by Gasteiger charge is 2.12. The predicted molar refractivity (Wildman–Crippen MR) is 54.1 cm³/mol. The maximum Gasteiger partial charge on any atom is 0.127 e. The SMILES string of the molecule is Cc1c(F)cc(Cl)c(C)c1CN(C)O. The molecule has 0 saturated heterocycles. The smallest absolute Gasteiger partial charge is 0.127 e. The third-order valence-electron chi connectivity index (χ3n) is 2.26. The molecule has 0 aliphatic heterocycles. The van der Waals surface area contributed by atoms with Crippen LogP contribution in [0, 0.1) is 19.7 Å². The lowest BCUT2D eigenvalue weighted by Crippen LogP contribution is -2.14. The van der Waals surface area contributed by atoms with Crippen molar-refractivity contribution in [3.8, 4) is 0 Å². The standard InChI is InChI=1S/C10H13ClFNO/c1-6-8(5-13(3)14)7(2)10(12)4-9(6)11/h4,14H,5H2,1-3H3. The Morgan fingerprint density at radius 1 is 1.43 bits per heavy atom. The third kappa shape index (κ3) is 2.23. The van der Waals surface area contributed by atoms with E-state index in [-0.39, 0.29) is 12.4 Å². The van der Waals surface area contributed by atoms with Crippen LogP contribution in [-0.2, 0) is 6.54 Å². The first-order valence-electron chi connectivity index (χ1n) is 4.27. The summed E-state index contributed by atoms with van der Waals surface area (Å²) in [6.07, 6.45) is 0. The minimum atomic E-state index is -0.336. The second kappa shape index (κ2) is 4.26. The number of benzene rings is 1. The van der Waals surface area contributed by atoms with Crippen molar-refractivity contribution in [2.45, 2.75) is 20.4 Å². The highest BCUT2D eigenvalue weighted by atomic mass is 35.5. The van der Waals surface area contributed by atoms with Gasteiger partial charge in [-0.25, -0.2) is 4.39 Å². The Labute approximate surface area is 87.9 Å². The predicted octanol–water partition coefficient (Wildman–Crippen LogP) is 2.92. The molecule has 78 valence electrons. The molecule has 1 rings (SSSR count). The number of rotatable bonds is 2. The van der Waals surface area contributed by atoms with Gasteiger partial charge < -0.3 is 5.21 Å². The fourth-order valence-corrected chi connectivity index (χ4v) is 1.57. The number of halogens is 2. The van der Waals surface area contributed by atoms with Crippen LogP contribution in [0.3, 0.4) is 0 Å². The van der Waals surface area contributed by atoms with Crippen LogP contribution in [0.2, 0.25) is 5.02 Å². The molecular formula is C10H13ClFNO. The molecule has 0 spiro atoms. The average molecular weight is 218 g/mol. The van der Waals surface area contributed by atoms with Crippen molar-refractivity contribution in [2.24, 2.45) is 0 Å². The maximum atomic E-state index is 13.3. The van der Waals surface area contributed by atoms with Crippen molar-refractivity contribution in [3.63, 3.8) is 0 Å². The minimum absolute atomic E-state index is 0.273. The first-order chi connectivity index (χ1) is 6.43. The molecule has 0 aliphatic carbocycles. The number of hydroxylamine groups is 2. The van der Waals surface area contributed by atoms with Gasteiger partial charge in [0.1, 0.15) is 5.82 Å². The van der Waals surface area contributed by atoms with Gasteiger partial charge in [-0.1, -0.05) is 11.6 Å². The van der Waals surface area contributed by atoms with Crippen LogP contribution in [0.25, 0.3) is 0 Å². The van der Waals surface area contributed by atoms with Crippen LogP contribution < -0.4 is 0 Å². The summed E-state index contributed by atoms with van der Waals surface area (Å²) in [4.78, 5) is 0. The lowest BCUT2D eigenvalue weighted by atomic mass is 10.0. The Hall–Kier alpha value is -0.640. The second-order valence-electron chi connectivity index (χ2n) is 3.38. The summed E-state index contributed by atoms with van der Waals surface area (Å²) >= 11 is 5.83. The molecule has 0 fully saturated rings. The van der Waals surface area contributed by atoms with Gasteiger partial charge in [0.25, 0.3) is 0 Å². The van der Waals surface area contributed by atoms with E-state index in [1.165, 1.54) is 13.1 Å². The molecule has 1 aromatic carbocycles. The molecule has 0 aromatic heterocycles. The molecule has 0 atom stereocenters. The largest absolute Gasteiger partial charge is 0.314 e. The molecule has 14 heavy (non-hydrogen) atoms. The maximum absolute atomic E-state index is 13.3. The summed E-state index contributed by atoms with van der Waals surface area (Å²) in [5.41, 5.74) is 2.08. The highest BCUT2D eigenvalue weighted by Crippen LogP contribution is 2.25. The van der Waals surface area contributed by atoms with Gasteiger partial charge in [0.05, 0.1) is 0 Å². The van der Waals surface area contributed by atoms with E-state index in [9.17, 15) is 4.39 Å². The van der Waals surface area contributed by atoms with Gasteiger partial charge >= 0.3 is 0 Å². The van der Waals surface area contributed by atoms with Gasteiger partial charge in [-0.15, -0.1) is 0 Å². The van der Waals surface area contributed by atoms with E-state index < -0.39 is 0 Å². The molecule has 0 heterocycles. The second-order valence-corrected chi connectivity index (χ2v) is 3.79. The van der Waals surface area contributed by atoms with E-state index in [0.717, 1.165) is 16.2 Å². The van der Waals surface area contributed by atoms with Gasteiger partial charge in [-0.05, 0) is 36.6 Å². The summed E-state index contributed by atoms with van der Waals surface area (Å²) in [5, 5.41) is 10.5. The van der Waals surface area contributed by atoms with Crippen molar-refractivity contribution in [3.05, 3.63) is 33.6 Å². The molecular weight excluding hydrogens is 205 g/mol. The van der Waals surface area contributed by atoms with Crippen molar-refractivity contribution in [1.82, 2.24) is 5.06 Å². The molecule has 1 N–H and O–H groups in total. The molecule has 0 radical (unpaired) electrons. The third-order valence-corrected chi connectivity index (χ3v) is 2.65. The zero-order valence-electron chi connectivity index (χ0n) is 8.43. The van der Waals surface area contributed by atoms with Crippen LogP contribution in [0.15, 0.2) is 6.07 Å². The van der Waals surface area contributed by atoms with Crippen LogP contribution in [0.5, 0.6) is 0 Å². The van der Waals surface area contributed by atoms with Crippen LogP contribution in [0.4, 0.5) is 4.39 Å². The molecule has 0 bridgehead atoms. The van der Waals surface area contributed by atoms with Gasteiger partial charge in [0.2, 0.25) is 0 Å². The zero-order chi connectivity index (χ0) is 10.9. The Morgan fingerprint density at radius 3 is 2.50 bits per heavy atom. The molecule has 0 unspecified atom stereocenters. The van der Waals surface area contributed by atoms with E-state index >= 15 is 0 Å². The molecule has 0 saturated carbocycles. The topological polar surface area (TPSA) is 23.5 Å². The van der Waals surface area contributed by atoms with Crippen LogP contribution in [0.1, 0.15) is 16.7 Å². The van der Waals surface area contributed by atoms with E-state index in [1.54, 1.807) is 6.92 Å². The fourth-order valence-electron chi connectivity index (χ4n) is 1.36. The summed E-state index contributed by atoms with van der Waals surface area (Å²) in [6, 6.07) is 1.30. The number of nitrogens with zero attached hydrogens (tertiary/aromatic N) is 1. The van der Waals surface area contributed by atoms with Crippen molar-refractivity contribution in [2.75, 3.05) is 7.05 Å². The van der Waals surface area contributed by atoms with Gasteiger partial charge in [-0.2, -0.15) is 5.06 Å². The highest BCUT2D eigenvalue weighted by molar-refractivity contribution is 6.31. The Morgan fingerprint density at radius 2 is 2.00 bits per heavy atom. The van der Waals surface area contributed by atoms with Gasteiger partial charge in [0, 0.05) is 18.6 Å². The number of hydrogen-bond acceptors (Lipinski definition) is 2. The summed E-state index contributed by atoms with van der Waals surface area (Å²) in [5.74, 6) is -0.336. The summed E-state index contributed by atoms with van der Waals surface area (Å²) in [7, 11) is 1.51. The van der Waals surface area contributed by atoms with Crippen LogP contribution >= 0.6 is 11.6 Å². The lowest BCUT2D eigenvalue weighted by Gasteiger charge is -2.15. The normalized spacial score (nSPS) is 11.1. The summed E-state index contributed by atoms with van der Waals surface area (Å²) in [6.45, 7) is 3.76. The number of hydrogen-bond donors (Lipinski definition) is 1. The van der Waals surface area contributed by atoms with Crippen molar-refractivity contribution >= 4 is 11.6 Å². The first kappa shape index (κ1) is 11.4. The minimum Gasteiger partial charge on any atom is -0.314 e. The van der Waals surface area contributed by atoms with Crippen LogP contribution in [-0.4, -0.2) is 17.3 Å². The van der Waals surface area contributed by atoms with E-state index in [2.05, 4.69) is 0 Å². The Bertz CT molecular complexity index is 326. The lowest BCUT2D eigenvalue weighted by molar-refractivity contribution is -0.0734. The quantitative estimate of drug-likeness (QED) is 0.770. The van der Waals surface area contributed by atoms with E-state index in [1.807, 2.05) is 6.92 Å². The van der Waals surface area contributed by atoms with Crippen molar-refractivity contribution < 1.29 is 9.60 Å². The Balaban J connectivity index is 3.25. The van der Waals surface area contributed by atoms with Crippen molar-refractivity contribution in [1.29, 1.82) is 0 Å². The van der Waals surface area contributed by atoms with Gasteiger partial charge in [0.15, 0.2) is 0 Å². The van der Waals surface area contributed by atoms with E-state index in [0.29, 0.717) is 10.6 Å². The molecule has 1 aromatic rings. The Kier molecular flexibility index (Phi) is 3.48. The zero-order valence-corrected chi connectivity index (χ0v) is 9.19. The molecule has 4 heteroatoms. The van der Waals surface area contributed by atoms with Gasteiger partial charge in [-0.3, -0.25) is 0 Å². The molecule has 0 aliphatic rings. The summed E-state index contributed by atoms with van der Waals surface area (Å²) < 4.78 is 13.3. The molecule has 2 nitrogen and oxygen atoms in total. The first-order valence-corrected chi connectivity index (χ1v) is 4.65. The fraction of sp³-hybridized carbons (Fsp3) is 0.400. The monoisotopic (exact) mass is 217 g/mol.